The molecule has 2 unspecified atom stereocenters. The highest BCUT2D eigenvalue weighted by Crippen LogP contribution is 2.22. The minimum atomic E-state index is -0.754. The molecule has 1 aliphatic rings. The average molecular weight is 402 g/mol. The molecule has 0 fully saturated rings. The molecule has 2 N–H and O–H groups in total. The maximum Gasteiger partial charge on any atom is 0.408 e. The van der Waals surface area contributed by atoms with E-state index in [1.54, 1.807) is 38.7 Å². The molecule has 158 valence electrons. The predicted molar refractivity (Wildman–Crippen MR) is 111 cm³/mol. The van der Waals surface area contributed by atoms with Gasteiger partial charge in [-0.25, -0.2) is 4.79 Å². The fraction of sp³-hybridized carbons (Fsp3) is 0.500. The Morgan fingerprint density at radius 2 is 1.72 bits per heavy atom. The van der Waals surface area contributed by atoms with E-state index in [9.17, 15) is 14.4 Å². The van der Waals surface area contributed by atoms with Gasteiger partial charge in [0.15, 0.2) is 0 Å². The average Bonchev–Trinajstić information content (AvgIpc) is 3.07. The minimum absolute atomic E-state index is 0.0890. The highest BCUT2D eigenvalue weighted by atomic mass is 16.6. The molecule has 2 atom stereocenters. The van der Waals surface area contributed by atoms with E-state index in [2.05, 4.69) is 10.6 Å². The van der Waals surface area contributed by atoms with Crippen molar-refractivity contribution < 1.29 is 19.1 Å². The van der Waals surface area contributed by atoms with Crippen molar-refractivity contribution in [3.8, 4) is 0 Å². The summed E-state index contributed by atoms with van der Waals surface area (Å²) in [6.07, 6.45) is 3.18. The molecule has 0 bridgehead atoms. The Morgan fingerprint density at radius 3 is 2.24 bits per heavy atom. The molecular weight excluding hydrogens is 370 g/mol. The van der Waals surface area contributed by atoms with Gasteiger partial charge < -0.3 is 20.3 Å². The highest BCUT2D eigenvalue weighted by molar-refractivity contribution is 5.89. The molecule has 0 aromatic heterocycles. The van der Waals surface area contributed by atoms with Crippen molar-refractivity contribution in [2.45, 2.75) is 71.8 Å². The molecule has 7 heteroatoms. The monoisotopic (exact) mass is 401 g/mol. The minimum Gasteiger partial charge on any atom is -0.444 e. The van der Waals surface area contributed by atoms with Crippen LogP contribution in [0.25, 0.3) is 0 Å². The highest BCUT2D eigenvalue weighted by Gasteiger charge is 2.23. The zero-order chi connectivity index (χ0) is 21.6. The van der Waals surface area contributed by atoms with Crippen LogP contribution in [0.5, 0.6) is 0 Å². The first-order valence-corrected chi connectivity index (χ1v) is 9.93. The van der Waals surface area contributed by atoms with E-state index in [4.69, 9.17) is 4.74 Å². The first-order chi connectivity index (χ1) is 13.6. The molecule has 7 nitrogen and oxygen atoms in total. The van der Waals surface area contributed by atoms with Gasteiger partial charge in [0.25, 0.3) is 0 Å². The molecule has 0 radical (unpaired) electrons. The second kappa shape index (κ2) is 9.58. The molecule has 1 aliphatic heterocycles. The molecule has 3 amide bonds. The third-order valence-electron chi connectivity index (χ3n) is 4.52. The lowest BCUT2D eigenvalue weighted by Crippen LogP contribution is -2.48. The molecule has 29 heavy (non-hydrogen) atoms. The number of amides is 3. The lowest BCUT2D eigenvalue weighted by molar-refractivity contribution is -0.126. The molecule has 2 rings (SSSR count). The summed E-state index contributed by atoms with van der Waals surface area (Å²) >= 11 is 0. The molecule has 0 saturated heterocycles. The normalized spacial score (nSPS) is 15.6. The van der Waals surface area contributed by atoms with Gasteiger partial charge in [-0.3, -0.25) is 9.59 Å². The summed E-state index contributed by atoms with van der Waals surface area (Å²) in [7, 11) is 0. The van der Waals surface area contributed by atoms with Crippen molar-refractivity contribution >= 4 is 17.9 Å². The van der Waals surface area contributed by atoms with Crippen LogP contribution in [-0.4, -0.2) is 40.5 Å². The van der Waals surface area contributed by atoms with Crippen molar-refractivity contribution in [3.05, 3.63) is 47.5 Å². The third kappa shape index (κ3) is 6.93. The number of carbonyl (C=O) groups is 3. The zero-order valence-electron chi connectivity index (χ0n) is 17.8. The summed E-state index contributed by atoms with van der Waals surface area (Å²) in [5.74, 6) is -0.429. The van der Waals surface area contributed by atoms with Crippen LogP contribution in [0.4, 0.5) is 4.79 Å². The topological polar surface area (TPSA) is 87.7 Å². The Hall–Kier alpha value is -2.83. The first kappa shape index (κ1) is 22.5. The molecule has 1 heterocycles. The van der Waals surface area contributed by atoms with Gasteiger partial charge in [-0.15, -0.1) is 0 Å². The smallest absolute Gasteiger partial charge is 0.408 e. The van der Waals surface area contributed by atoms with Gasteiger partial charge in [0.05, 0.1) is 0 Å². The summed E-state index contributed by atoms with van der Waals surface area (Å²) in [6, 6.07) is 6.94. The van der Waals surface area contributed by atoms with Crippen LogP contribution in [-0.2, 0) is 27.4 Å². The number of ether oxygens (including phenoxy) is 1. The van der Waals surface area contributed by atoms with E-state index in [0.717, 1.165) is 11.1 Å². The Balaban J connectivity index is 1.85. The number of nitrogens with one attached hydrogen (secondary N) is 2. The zero-order valence-corrected chi connectivity index (χ0v) is 17.8. The van der Waals surface area contributed by atoms with Crippen molar-refractivity contribution in [2.24, 2.45) is 0 Å². The number of benzene rings is 1. The summed E-state index contributed by atoms with van der Waals surface area (Å²) in [5, 5.41) is 5.34. The Bertz CT molecular complexity index is 758. The van der Waals surface area contributed by atoms with E-state index in [0.29, 0.717) is 19.5 Å². The molecule has 0 spiro atoms. The van der Waals surface area contributed by atoms with Crippen LogP contribution in [0.2, 0.25) is 0 Å². The van der Waals surface area contributed by atoms with E-state index >= 15 is 0 Å². The molecular formula is C22H31N3O4. The molecule has 1 aromatic rings. The Labute approximate surface area is 172 Å². The van der Waals surface area contributed by atoms with Gasteiger partial charge in [0.1, 0.15) is 11.6 Å². The molecule has 1 aromatic carbocycles. The Morgan fingerprint density at radius 1 is 1.14 bits per heavy atom. The number of carbonyl (C=O) groups excluding carboxylic acids is 3. The van der Waals surface area contributed by atoms with Crippen molar-refractivity contribution in [3.63, 3.8) is 0 Å². The van der Waals surface area contributed by atoms with Gasteiger partial charge in [-0.2, -0.15) is 0 Å². The van der Waals surface area contributed by atoms with Gasteiger partial charge in [0.2, 0.25) is 11.8 Å². The summed E-state index contributed by atoms with van der Waals surface area (Å²) < 4.78 is 5.16. The summed E-state index contributed by atoms with van der Waals surface area (Å²) in [6.45, 7) is 9.96. The van der Waals surface area contributed by atoms with Gasteiger partial charge in [-0.05, 0) is 45.2 Å². The number of hydrogen-bond donors (Lipinski definition) is 2. The lowest BCUT2D eigenvalue weighted by atomic mass is 10.1. The van der Waals surface area contributed by atoms with E-state index in [1.165, 1.54) is 6.08 Å². The quantitative estimate of drug-likeness (QED) is 0.718. The second-order valence-corrected chi connectivity index (χ2v) is 8.21. The Kier molecular flexibility index (Phi) is 7.42. The lowest BCUT2D eigenvalue weighted by Gasteiger charge is -2.22. The third-order valence-corrected chi connectivity index (χ3v) is 4.52. The first-order valence-electron chi connectivity index (χ1n) is 9.93. The maximum atomic E-state index is 12.5. The van der Waals surface area contributed by atoms with Crippen LogP contribution in [0, 0.1) is 0 Å². The molecule has 0 saturated carbocycles. The van der Waals surface area contributed by atoms with Crippen molar-refractivity contribution in [2.75, 3.05) is 0 Å². The van der Waals surface area contributed by atoms with Gasteiger partial charge in [-0.1, -0.05) is 37.3 Å². The fourth-order valence-corrected chi connectivity index (χ4v) is 2.94. The number of alkyl carbamates (subject to hydrolysis) is 1. The maximum absolute atomic E-state index is 12.5. The van der Waals surface area contributed by atoms with Gasteiger partial charge >= 0.3 is 6.09 Å². The number of rotatable bonds is 6. The van der Waals surface area contributed by atoms with Crippen molar-refractivity contribution in [1.29, 1.82) is 0 Å². The number of hydrogen-bond acceptors (Lipinski definition) is 4. The van der Waals surface area contributed by atoms with Crippen molar-refractivity contribution in [1.82, 2.24) is 15.5 Å². The molecule has 0 aliphatic carbocycles. The fourth-order valence-electron chi connectivity index (χ4n) is 2.94. The SMILES string of the molecule is CCC(C=CC(=O)N1Cc2ccccc2C1)NC(=O)C(C)NC(=O)OC(C)(C)C. The summed E-state index contributed by atoms with van der Waals surface area (Å²) in [5.41, 5.74) is 1.69. The van der Waals surface area contributed by atoms with Crippen LogP contribution in [0.3, 0.4) is 0 Å². The largest absolute Gasteiger partial charge is 0.444 e. The summed E-state index contributed by atoms with van der Waals surface area (Å²) in [4.78, 5) is 38.4. The van der Waals surface area contributed by atoms with E-state index < -0.39 is 17.7 Å². The van der Waals surface area contributed by atoms with Crippen LogP contribution < -0.4 is 10.6 Å². The number of nitrogens with zero attached hydrogens (tertiary/aromatic N) is 1. The van der Waals surface area contributed by atoms with Crippen LogP contribution >= 0.6 is 0 Å². The van der Waals surface area contributed by atoms with E-state index in [-0.39, 0.29) is 17.9 Å². The van der Waals surface area contributed by atoms with Crippen LogP contribution in [0.1, 0.15) is 52.2 Å². The van der Waals surface area contributed by atoms with Crippen LogP contribution in [0.15, 0.2) is 36.4 Å². The predicted octanol–water partition coefficient (Wildman–Crippen LogP) is 2.89. The van der Waals surface area contributed by atoms with E-state index in [1.807, 2.05) is 31.2 Å². The number of fused-ring (bicyclic) bond motifs is 1. The standard InChI is InChI=1S/C22H31N3O4/c1-6-18(24-20(27)15(2)23-21(28)29-22(3,4)5)11-12-19(26)25-13-16-9-7-8-10-17(16)14-25/h7-12,15,18H,6,13-14H2,1-5H3,(H,23,28)(H,24,27). The van der Waals surface area contributed by atoms with Gasteiger partial charge in [0, 0.05) is 25.2 Å². The second-order valence-electron chi connectivity index (χ2n) is 8.21.